The van der Waals surface area contributed by atoms with Gasteiger partial charge in [-0.1, -0.05) is 13.8 Å². The maximum Gasteiger partial charge on any atom is 0.407 e. The van der Waals surface area contributed by atoms with Crippen molar-refractivity contribution in [1.82, 2.24) is 24.9 Å². The Bertz CT molecular complexity index is 1250. The van der Waals surface area contributed by atoms with Crippen molar-refractivity contribution < 1.29 is 23.8 Å². The molecule has 42 heavy (non-hydrogen) atoms. The molecule has 1 N–H and O–H groups in total. The van der Waals surface area contributed by atoms with Crippen LogP contribution in [0.4, 0.5) is 14.9 Å². The molecule has 11 heteroatoms. The molecule has 230 valence electrons. The number of hydrogen-bond acceptors (Lipinski definition) is 7. The smallest absolute Gasteiger partial charge is 0.407 e. The van der Waals surface area contributed by atoms with Gasteiger partial charge >= 0.3 is 6.09 Å². The van der Waals surface area contributed by atoms with Gasteiger partial charge in [0, 0.05) is 63.8 Å². The van der Waals surface area contributed by atoms with Crippen LogP contribution in [0.1, 0.15) is 64.2 Å². The fraction of sp³-hybridized carbons (Fsp3) is 0.613. The molecule has 1 unspecified atom stereocenters. The van der Waals surface area contributed by atoms with E-state index >= 15 is 0 Å². The van der Waals surface area contributed by atoms with E-state index in [0.717, 1.165) is 51.1 Å². The summed E-state index contributed by atoms with van der Waals surface area (Å²) < 4.78 is 20.5. The van der Waals surface area contributed by atoms with Crippen molar-refractivity contribution in [2.75, 3.05) is 51.2 Å². The first kappa shape index (κ1) is 31.5. The number of nitrogens with zero attached hydrogens (tertiary/aromatic N) is 6. The topological polar surface area (TPSA) is 102 Å². The molecule has 1 aromatic heterocycles. The molecule has 2 saturated heterocycles. The average Bonchev–Trinajstić information content (AvgIpc) is 3.37. The van der Waals surface area contributed by atoms with Crippen LogP contribution in [-0.4, -0.2) is 100 Å². The Morgan fingerprint density at radius 2 is 1.90 bits per heavy atom. The number of hydrogen-bond donors (Lipinski definition) is 1. The van der Waals surface area contributed by atoms with Crippen molar-refractivity contribution in [3.8, 4) is 11.6 Å². The number of carbonyl (C=O) groups is 2. The van der Waals surface area contributed by atoms with Gasteiger partial charge in [-0.3, -0.25) is 9.69 Å². The molecular weight excluding hydrogens is 539 g/mol. The highest BCUT2D eigenvalue weighted by Gasteiger charge is 2.50. The van der Waals surface area contributed by atoms with E-state index in [4.69, 9.17) is 9.84 Å². The van der Waals surface area contributed by atoms with Crippen LogP contribution in [0, 0.1) is 17.2 Å². The van der Waals surface area contributed by atoms with E-state index in [9.17, 15) is 14.0 Å². The zero-order valence-corrected chi connectivity index (χ0v) is 25.7. The molecule has 3 heterocycles. The summed E-state index contributed by atoms with van der Waals surface area (Å²) in [6.45, 7) is 14.9. The average molecular weight is 585 g/mol. The van der Waals surface area contributed by atoms with Crippen LogP contribution in [0.5, 0.6) is 11.6 Å². The maximum absolute atomic E-state index is 14.3. The SMILES string of the molecule is CCN(C(=O)c1cc(F)ccc1Oc1nnccc1N1CCC2(C1)CN(C(CCCN(C)C(=O)O)C(C)C)C2)C(C)C. The Labute approximate surface area is 248 Å². The Balaban J connectivity index is 1.45. The highest BCUT2D eigenvalue weighted by Crippen LogP contribution is 2.45. The Morgan fingerprint density at radius 1 is 1.17 bits per heavy atom. The van der Waals surface area contributed by atoms with Gasteiger partial charge in [0.05, 0.1) is 11.8 Å². The minimum absolute atomic E-state index is 0.0464. The largest absolute Gasteiger partial charge is 0.465 e. The third-order valence-corrected chi connectivity index (χ3v) is 8.68. The van der Waals surface area contributed by atoms with Gasteiger partial charge in [-0.25, -0.2) is 9.18 Å². The van der Waals surface area contributed by atoms with E-state index in [1.165, 1.54) is 23.1 Å². The Morgan fingerprint density at radius 3 is 2.55 bits per heavy atom. The van der Waals surface area contributed by atoms with E-state index in [1.807, 2.05) is 26.8 Å². The molecule has 2 aliphatic rings. The van der Waals surface area contributed by atoms with Gasteiger partial charge in [0.1, 0.15) is 17.3 Å². The van der Waals surface area contributed by atoms with E-state index in [1.54, 1.807) is 18.1 Å². The number of anilines is 1. The lowest BCUT2D eigenvalue weighted by molar-refractivity contribution is -0.0343. The fourth-order valence-electron chi connectivity index (χ4n) is 6.41. The minimum Gasteiger partial charge on any atom is -0.465 e. The molecule has 0 aliphatic carbocycles. The third kappa shape index (κ3) is 6.94. The molecule has 2 amide bonds. The second kappa shape index (κ2) is 13.2. The van der Waals surface area contributed by atoms with Gasteiger partial charge in [0.15, 0.2) is 0 Å². The summed E-state index contributed by atoms with van der Waals surface area (Å²) in [4.78, 5) is 32.3. The molecule has 10 nitrogen and oxygen atoms in total. The van der Waals surface area contributed by atoms with E-state index in [2.05, 4.69) is 33.8 Å². The summed E-state index contributed by atoms with van der Waals surface area (Å²) in [7, 11) is 1.62. The maximum atomic E-state index is 14.3. The summed E-state index contributed by atoms with van der Waals surface area (Å²) in [5.74, 6) is 0.221. The fourth-order valence-corrected chi connectivity index (χ4v) is 6.41. The summed E-state index contributed by atoms with van der Waals surface area (Å²) in [6.07, 6.45) is 3.59. The highest BCUT2D eigenvalue weighted by molar-refractivity contribution is 5.97. The van der Waals surface area contributed by atoms with Crippen molar-refractivity contribution in [2.45, 2.75) is 66.0 Å². The van der Waals surface area contributed by atoms with Crippen LogP contribution >= 0.6 is 0 Å². The lowest BCUT2D eigenvalue weighted by Crippen LogP contribution is -2.62. The van der Waals surface area contributed by atoms with Gasteiger partial charge in [-0.15, -0.1) is 5.10 Å². The lowest BCUT2D eigenvalue weighted by Gasteiger charge is -2.53. The van der Waals surface area contributed by atoms with Crippen molar-refractivity contribution in [2.24, 2.45) is 11.3 Å². The van der Waals surface area contributed by atoms with Crippen molar-refractivity contribution >= 4 is 17.7 Å². The normalized spacial score (nSPS) is 17.0. The first-order valence-corrected chi connectivity index (χ1v) is 15.0. The third-order valence-electron chi connectivity index (χ3n) is 8.68. The first-order valence-electron chi connectivity index (χ1n) is 15.0. The van der Waals surface area contributed by atoms with Crippen LogP contribution in [0.2, 0.25) is 0 Å². The molecule has 4 rings (SSSR count). The number of amides is 2. The minimum atomic E-state index is -0.889. The standard InChI is InChI=1S/C31H45FN6O4/c1-7-38(22(4)5)29(39)24-17-23(32)10-11-27(24)42-28-26(12-14-33-34-28)36-16-13-31(18-36)19-37(20-31)25(21(2)3)9-8-15-35(6)30(40)41/h10-12,14,17,21-22,25H,7-9,13,15-16,18-20H2,1-6H3,(H,40,41). The number of ether oxygens (including phenoxy) is 1. The summed E-state index contributed by atoms with van der Waals surface area (Å²) in [5, 5.41) is 17.5. The zero-order valence-electron chi connectivity index (χ0n) is 25.7. The summed E-state index contributed by atoms with van der Waals surface area (Å²) in [5.41, 5.74) is 1.13. The monoisotopic (exact) mass is 584 g/mol. The van der Waals surface area contributed by atoms with Gasteiger partial charge in [0.25, 0.3) is 11.8 Å². The number of aromatic nitrogens is 2. The second-order valence-electron chi connectivity index (χ2n) is 12.4. The molecule has 1 spiro atoms. The molecule has 1 aromatic carbocycles. The summed E-state index contributed by atoms with van der Waals surface area (Å²) in [6, 6.07) is 6.23. The van der Waals surface area contributed by atoms with Gasteiger partial charge in [-0.2, -0.15) is 5.10 Å². The molecule has 2 aromatic rings. The van der Waals surface area contributed by atoms with Crippen LogP contribution in [-0.2, 0) is 0 Å². The Kier molecular flexibility index (Phi) is 9.91. The van der Waals surface area contributed by atoms with Crippen LogP contribution in [0.15, 0.2) is 30.5 Å². The van der Waals surface area contributed by atoms with Crippen molar-refractivity contribution in [3.63, 3.8) is 0 Å². The number of likely N-dealkylation sites (tertiary alicyclic amines) is 1. The van der Waals surface area contributed by atoms with Crippen LogP contribution < -0.4 is 9.64 Å². The van der Waals surface area contributed by atoms with Gasteiger partial charge < -0.3 is 24.5 Å². The first-order chi connectivity index (χ1) is 19.9. The molecule has 1 atom stereocenters. The summed E-state index contributed by atoms with van der Waals surface area (Å²) >= 11 is 0. The lowest BCUT2D eigenvalue weighted by atomic mass is 9.76. The molecule has 0 saturated carbocycles. The zero-order chi connectivity index (χ0) is 30.6. The molecule has 0 radical (unpaired) electrons. The van der Waals surface area contributed by atoms with E-state index in [-0.39, 0.29) is 28.7 Å². The predicted molar refractivity (Wildman–Crippen MR) is 160 cm³/mol. The highest BCUT2D eigenvalue weighted by atomic mass is 19.1. The van der Waals surface area contributed by atoms with Crippen LogP contribution in [0.25, 0.3) is 0 Å². The van der Waals surface area contributed by atoms with Crippen LogP contribution in [0.3, 0.4) is 0 Å². The molecular formula is C31H45FN6O4. The number of carboxylic acid groups (broad SMARTS) is 1. The van der Waals surface area contributed by atoms with Gasteiger partial charge in [0.2, 0.25) is 0 Å². The number of rotatable bonds is 12. The van der Waals surface area contributed by atoms with Crippen molar-refractivity contribution in [3.05, 3.63) is 41.8 Å². The molecule has 0 bridgehead atoms. The van der Waals surface area contributed by atoms with E-state index < -0.39 is 11.9 Å². The number of halogens is 1. The Hall–Kier alpha value is -3.47. The molecule has 2 aliphatic heterocycles. The van der Waals surface area contributed by atoms with E-state index in [0.29, 0.717) is 30.9 Å². The molecule has 2 fully saturated rings. The quantitative estimate of drug-likeness (QED) is 0.363. The second-order valence-corrected chi connectivity index (χ2v) is 12.4. The van der Waals surface area contributed by atoms with Gasteiger partial charge in [-0.05, 0) is 70.2 Å². The number of carbonyl (C=O) groups excluding carboxylic acids is 1. The predicted octanol–water partition coefficient (Wildman–Crippen LogP) is 5.21. The van der Waals surface area contributed by atoms with Crippen molar-refractivity contribution in [1.29, 1.82) is 0 Å². The number of benzene rings is 1.